The van der Waals surface area contributed by atoms with Gasteiger partial charge in [-0.3, -0.25) is 9.69 Å². The van der Waals surface area contributed by atoms with Gasteiger partial charge in [-0.2, -0.15) is 0 Å². The molecule has 0 aliphatic heterocycles. The van der Waals surface area contributed by atoms with Gasteiger partial charge in [-0.15, -0.1) is 0 Å². The summed E-state index contributed by atoms with van der Waals surface area (Å²) in [5.74, 6) is -0.209. The highest BCUT2D eigenvalue weighted by molar-refractivity contribution is 6.30. The number of amides is 3. The van der Waals surface area contributed by atoms with Crippen molar-refractivity contribution in [2.24, 2.45) is 5.92 Å². The van der Waals surface area contributed by atoms with Gasteiger partial charge in [0.05, 0.1) is 0 Å². The molecule has 1 saturated carbocycles. The molecular weight excluding hydrogens is 462 g/mol. The second kappa shape index (κ2) is 13.8. The van der Waals surface area contributed by atoms with Gasteiger partial charge in [0.15, 0.2) is 0 Å². The first kappa shape index (κ1) is 27.4. The van der Waals surface area contributed by atoms with E-state index in [1.807, 2.05) is 0 Å². The molecule has 1 aliphatic carbocycles. The lowest BCUT2D eigenvalue weighted by atomic mass is 9.84. The minimum atomic E-state index is -1.03. The molecule has 0 saturated heterocycles. The second-order valence-corrected chi connectivity index (χ2v) is 9.21. The van der Waals surface area contributed by atoms with Crippen LogP contribution in [0.4, 0.5) is 9.59 Å². The number of benzene rings is 1. The summed E-state index contributed by atoms with van der Waals surface area (Å²) >= 11 is 5.98. The molecule has 0 heterocycles. The molecule has 0 aromatic heterocycles. The molecular formula is C24H34ClN3O6. The molecule has 1 aromatic rings. The van der Waals surface area contributed by atoms with E-state index in [1.54, 1.807) is 24.3 Å². The monoisotopic (exact) mass is 495 g/mol. The molecule has 0 bridgehead atoms. The van der Waals surface area contributed by atoms with Crippen molar-refractivity contribution in [3.63, 3.8) is 0 Å². The second-order valence-electron chi connectivity index (χ2n) is 8.77. The Kier molecular flexibility index (Phi) is 11.1. The lowest BCUT2D eigenvalue weighted by Crippen LogP contribution is -2.52. The molecule has 2 rings (SSSR count). The number of nitrogens with zero attached hydrogens (tertiary/aromatic N) is 2. The topological polar surface area (TPSA) is 105 Å². The van der Waals surface area contributed by atoms with Crippen LogP contribution >= 0.6 is 11.6 Å². The highest BCUT2D eigenvalue weighted by Crippen LogP contribution is 2.28. The maximum absolute atomic E-state index is 13.1. The first-order valence-corrected chi connectivity index (χ1v) is 11.8. The van der Waals surface area contributed by atoms with Gasteiger partial charge >= 0.3 is 12.2 Å². The summed E-state index contributed by atoms with van der Waals surface area (Å²) in [7, 11) is 4.54. The normalized spacial score (nSPS) is 15.5. The van der Waals surface area contributed by atoms with E-state index in [9.17, 15) is 19.2 Å². The summed E-state index contributed by atoms with van der Waals surface area (Å²) in [5.41, 5.74) is 0.728. The van der Waals surface area contributed by atoms with Crippen LogP contribution in [0, 0.1) is 5.92 Å². The van der Waals surface area contributed by atoms with Crippen LogP contribution in [0.2, 0.25) is 5.02 Å². The molecule has 9 nitrogen and oxygen atoms in total. The zero-order valence-corrected chi connectivity index (χ0v) is 20.8. The summed E-state index contributed by atoms with van der Waals surface area (Å²) < 4.78 is 10.4. The van der Waals surface area contributed by atoms with Crippen molar-refractivity contribution in [1.82, 2.24) is 15.1 Å². The summed E-state index contributed by atoms with van der Waals surface area (Å²) in [6.45, 7) is -0.287. The zero-order valence-electron chi connectivity index (χ0n) is 20.0. The number of hydrogen-bond acceptors (Lipinski definition) is 6. The Bertz CT molecular complexity index is 844. The number of hydrogen-bond donors (Lipinski definition) is 1. The summed E-state index contributed by atoms with van der Waals surface area (Å²) in [4.78, 5) is 51.6. The number of carbonyl (C=O) groups is 4. The molecule has 2 atom stereocenters. The van der Waals surface area contributed by atoms with E-state index in [4.69, 9.17) is 21.1 Å². The van der Waals surface area contributed by atoms with Crippen molar-refractivity contribution in [3.05, 3.63) is 34.9 Å². The molecule has 1 aromatic carbocycles. The molecule has 0 spiro atoms. The lowest BCUT2D eigenvalue weighted by molar-refractivity contribution is -0.129. The third-order valence-electron chi connectivity index (χ3n) is 5.83. The summed E-state index contributed by atoms with van der Waals surface area (Å²) in [6, 6.07) is 5.11. The Hall–Kier alpha value is -2.81. The van der Waals surface area contributed by atoms with E-state index in [1.165, 1.54) is 30.9 Å². The van der Waals surface area contributed by atoms with E-state index >= 15 is 0 Å². The predicted octanol–water partition coefficient (Wildman–Crippen LogP) is 3.63. The van der Waals surface area contributed by atoms with Crippen molar-refractivity contribution in [3.8, 4) is 0 Å². The zero-order chi connectivity index (χ0) is 25.1. The van der Waals surface area contributed by atoms with E-state index < -0.39 is 30.2 Å². The molecule has 1 aliphatic rings. The fourth-order valence-corrected chi connectivity index (χ4v) is 4.08. The Morgan fingerprint density at radius 2 is 1.82 bits per heavy atom. The molecule has 1 N–H and O–H groups in total. The maximum Gasteiger partial charge on any atom is 0.410 e. The third kappa shape index (κ3) is 8.85. The quantitative estimate of drug-likeness (QED) is 0.497. The Balaban J connectivity index is 2.05. The lowest BCUT2D eigenvalue weighted by Gasteiger charge is -2.32. The number of nitrogens with one attached hydrogen (secondary N) is 1. The van der Waals surface area contributed by atoms with Gasteiger partial charge in [-0.25, -0.2) is 9.59 Å². The fraction of sp³-hybridized carbons (Fsp3) is 0.583. The van der Waals surface area contributed by atoms with Crippen LogP contribution in [0.25, 0.3) is 0 Å². The molecule has 188 valence electrons. The van der Waals surface area contributed by atoms with Gasteiger partial charge in [-0.05, 0) is 30.0 Å². The van der Waals surface area contributed by atoms with Crippen molar-refractivity contribution in [2.45, 2.75) is 57.2 Å². The molecule has 0 radical (unpaired) electrons. The number of halogens is 1. The van der Waals surface area contributed by atoms with Crippen molar-refractivity contribution in [2.75, 3.05) is 27.7 Å². The maximum atomic E-state index is 13.1. The van der Waals surface area contributed by atoms with Crippen LogP contribution in [-0.4, -0.2) is 74.0 Å². The number of ether oxygens (including phenoxy) is 2. The molecule has 10 heteroatoms. The Morgan fingerprint density at radius 1 is 1.12 bits per heavy atom. The molecule has 2 unspecified atom stereocenters. The minimum Gasteiger partial charge on any atom is -0.447 e. The predicted molar refractivity (Wildman–Crippen MR) is 127 cm³/mol. The van der Waals surface area contributed by atoms with Gasteiger partial charge < -0.3 is 24.5 Å². The summed E-state index contributed by atoms with van der Waals surface area (Å²) in [6.07, 6.45) is 4.97. The Labute approximate surface area is 205 Å². The van der Waals surface area contributed by atoms with Gasteiger partial charge in [0, 0.05) is 26.2 Å². The van der Waals surface area contributed by atoms with Crippen LogP contribution in [0.3, 0.4) is 0 Å². The number of rotatable bonds is 10. The average molecular weight is 496 g/mol. The third-order valence-corrected chi connectivity index (χ3v) is 6.07. The average Bonchev–Trinajstić information content (AvgIpc) is 2.83. The summed E-state index contributed by atoms with van der Waals surface area (Å²) in [5, 5.41) is 3.13. The van der Waals surface area contributed by atoms with Crippen LogP contribution in [0.15, 0.2) is 24.3 Å². The van der Waals surface area contributed by atoms with Gasteiger partial charge in [-0.1, -0.05) is 55.8 Å². The fourth-order valence-electron chi connectivity index (χ4n) is 3.86. The minimum absolute atomic E-state index is 0.0128. The number of carbonyl (C=O) groups excluding carboxylic acids is 4. The first-order chi connectivity index (χ1) is 16.2. The van der Waals surface area contributed by atoms with E-state index in [0.29, 0.717) is 17.7 Å². The van der Waals surface area contributed by atoms with Crippen molar-refractivity contribution >= 4 is 36.0 Å². The first-order valence-electron chi connectivity index (χ1n) is 11.4. The van der Waals surface area contributed by atoms with Crippen molar-refractivity contribution < 1.29 is 28.7 Å². The molecule has 3 amide bonds. The molecule has 34 heavy (non-hydrogen) atoms. The van der Waals surface area contributed by atoms with E-state index in [0.717, 1.165) is 37.7 Å². The van der Waals surface area contributed by atoms with Crippen LogP contribution < -0.4 is 5.32 Å². The SMILES string of the molecule is CN(C)C(=O)OCC(C=O)NC(=O)C(CC1CCCCC1)N(C)C(=O)OCc1cccc(Cl)c1. The van der Waals surface area contributed by atoms with E-state index in [2.05, 4.69) is 5.32 Å². The van der Waals surface area contributed by atoms with Gasteiger partial charge in [0.25, 0.3) is 0 Å². The van der Waals surface area contributed by atoms with Crippen LogP contribution in [0.1, 0.15) is 44.1 Å². The van der Waals surface area contributed by atoms with Crippen LogP contribution in [-0.2, 0) is 25.7 Å². The standard InChI is InChI=1S/C24H34ClN3O6/c1-27(2)23(31)34-16-20(14-29)26-22(30)21(13-17-8-5-4-6-9-17)28(3)24(32)33-15-18-10-7-11-19(25)12-18/h7,10-12,14,17,20-21H,4-6,8-9,13,15-16H2,1-3H3,(H,26,30). The molecule has 1 fully saturated rings. The highest BCUT2D eigenvalue weighted by Gasteiger charge is 2.32. The largest absolute Gasteiger partial charge is 0.447 e. The van der Waals surface area contributed by atoms with E-state index in [-0.39, 0.29) is 19.1 Å². The highest BCUT2D eigenvalue weighted by atomic mass is 35.5. The number of likely N-dealkylation sites (N-methyl/N-ethyl adjacent to an activating group) is 1. The smallest absolute Gasteiger partial charge is 0.410 e. The number of aldehydes is 1. The van der Waals surface area contributed by atoms with Gasteiger partial charge in [0.1, 0.15) is 31.6 Å². The Morgan fingerprint density at radius 3 is 2.44 bits per heavy atom. The van der Waals surface area contributed by atoms with Crippen LogP contribution in [0.5, 0.6) is 0 Å². The van der Waals surface area contributed by atoms with Gasteiger partial charge in [0.2, 0.25) is 5.91 Å². The van der Waals surface area contributed by atoms with Crippen molar-refractivity contribution in [1.29, 1.82) is 0 Å².